The third-order valence-corrected chi connectivity index (χ3v) is 8.33. The summed E-state index contributed by atoms with van der Waals surface area (Å²) < 4.78 is 53.6. The second kappa shape index (κ2) is 18.1. The van der Waals surface area contributed by atoms with Crippen LogP contribution in [0.5, 0.6) is 5.75 Å². The van der Waals surface area contributed by atoms with E-state index < -0.39 is 40.0 Å². The van der Waals surface area contributed by atoms with Crippen LogP contribution in [-0.4, -0.2) is 95.2 Å². The molecule has 14 heteroatoms. The van der Waals surface area contributed by atoms with Gasteiger partial charge in [0, 0.05) is 56.1 Å². The molecule has 1 atom stereocenters. The van der Waals surface area contributed by atoms with Crippen molar-refractivity contribution < 1.29 is 37.0 Å². The Hall–Kier alpha value is -3.82. The lowest BCUT2D eigenvalue weighted by Gasteiger charge is -2.28. The number of carbonyl (C=O) groups excluding carboxylic acids is 2. The number of benzene rings is 2. The fraction of sp³-hybridized carbons (Fsp3) is 0.500. The van der Waals surface area contributed by atoms with Gasteiger partial charge in [0.25, 0.3) is 0 Å². The number of anilines is 1. The molecule has 0 unspecified atom stereocenters. The zero-order chi connectivity index (χ0) is 35.3. The molecule has 0 fully saturated rings. The molecule has 48 heavy (non-hydrogen) atoms. The second-order valence-corrected chi connectivity index (χ2v) is 13.9. The molecule has 0 saturated heterocycles. The summed E-state index contributed by atoms with van der Waals surface area (Å²) in [6.07, 6.45) is 0.758. The molecule has 13 nitrogen and oxygen atoms in total. The number of likely N-dealkylation sites (N-methyl/N-ethyl adjacent to an activating group) is 1. The molecule has 3 aromatic rings. The largest absolute Gasteiger partial charge is 0.492 e. The van der Waals surface area contributed by atoms with Crippen LogP contribution in [0, 0.1) is 0 Å². The Morgan fingerprint density at radius 2 is 1.73 bits per heavy atom. The van der Waals surface area contributed by atoms with Crippen molar-refractivity contribution in [3.63, 3.8) is 0 Å². The lowest BCUT2D eigenvalue weighted by molar-refractivity contribution is -0.169. The van der Waals surface area contributed by atoms with Crippen LogP contribution in [0.15, 0.2) is 59.6 Å². The zero-order valence-electron chi connectivity index (χ0n) is 28.9. The van der Waals surface area contributed by atoms with Gasteiger partial charge in [0.1, 0.15) is 16.2 Å². The highest BCUT2D eigenvalue weighted by Crippen LogP contribution is 2.29. The average molecular weight is 688 g/mol. The Labute approximate surface area is 283 Å². The molecule has 0 spiro atoms. The molecule has 0 radical (unpaired) electrons. The molecule has 3 N–H and O–H groups in total. The predicted octanol–water partition coefficient (Wildman–Crippen LogP) is 4.32. The first kappa shape index (κ1) is 38.6. The molecular formula is C34H49N5O8S. The van der Waals surface area contributed by atoms with Gasteiger partial charge in [0.15, 0.2) is 6.29 Å². The van der Waals surface area contributed by atoms with Crippen molar-refractivity contribution in [1.82, 2.24) is 19.9 Å². The molecule has 0 aliphatic carbocycles. The van der Waals surface area contributed by atoms with Gasteiger partial charge in [0.2, 0.25) is 10.0 Å². The minimum atomic E-state index is -4.35. The first-order valence-corrected chi connectivity index (χ1v) is 17.5. The minimum Gasteiger partial charge on any atom is -0.492 e. The Bertz CT molecular complexity index is 1600. The molecule has 0 aliphatic heterocycles. The fourth-order valence-corrected chi connectivity index (χ4v) is 6.12. The van der Waals surface area contributed by atoms with Gasteiger partial charge < -0.3 is 34.5 Å². The number of ether oxygens (including phenoxy) is 4. The number of carbonyl (C=O) groups is 2. The molecule has 0 bridgehead atoms. The maximum Gasteiger partial charge on any atom is 0.319 e. The number of amides is 2. The van der Waals surface area contributed by atoms with Gasteiger partial charge in [-0.3, -0.25) is 9.78 Å². The van der Waals surface area contributed by atoms with Crippen molar-refractivity contribution in [1.29, 1.82) is 0 Å². The third-order valence-electron chi connectivity index (χ3n) is 6.80. The third kappa shape index (κ3) is 12.3. The summed E-state index contributed by atoms with van der Waals surface area (Å²) in [5, 5.41) is 6.46. The standard InChI is InChI=1S/C34H49N5O8S/c1-8-44-32(45-9-2)28(23-31(40)47-34(3,4)5)38-48(42,43)30-16-15-25(37-33(41)36-19-20-39(6)7)22-29(30)46-21-17-24-12-10-14-27-26(24)13-11-18-35-27/h10-16,18,22,28,32,38H,8-9,17,19-21,23H2,1-7H3,(H2,36,37,41)/t28-/m0/s1. The van der Waals surface area contributed by atoms with E-state index in [1.165, 1.54) is 18.2 Å². The van der Waals surface area contributed by atoms with Gasteiger partial charge >= 0.3 is 12.0 Å². The number of nitrogens with zero attached hydrogens (tertiary/aromatic N) is 2. The van der Waals surface area contributed by atoms with E-state index >= 15 is 0 Å². The lowest BCUT2D eigenvalue weighted by Crippen LogP contribution is -2.47. The molecule has 1 aromatic heterocycles. The van der Waals surface area contributed by atoms with E-state index in [0.29, 0.717) is 25.2 Å². The SMILES string of the molecule is CCOC(OCC)[C@H](CC(=O)OC(C)(C)C)NS(=O)(=O)c1ccc(NC(=O)NCCN(C)C)cc1OCCc1cccc2ncccc12. The van der Waals surface area contributed by atoms with Crippen molar-refractivity contribution in [2.45, 2.75) is 70.3 Å². The van der Waals surface area contributed by atoms with E-state index in [0.717, 1.165) is 16.5 Å². The quantitative estimate of drug-likeness (QED) is 0.130. The van der Waals surface area contributed by atoms with Crippen LogP contribution in [-0.2, 0) is 35.4 Å². The maximum atomic E-state index is 14.0. The van der Waals surface area contributed by atoms with Crippen LogP contribution >= 0.6 is 0 Å². The number of hydrogen-bond donors (Lipinski definition) is 3. The van der Waals surface area contributed by atoms with E-state index in [1.807, 2.05) is 49.3 Å². The van der Waals surface area contributed by atoms with Gasteiger partial charge in [-0.05, 0) is 78.5 Å². The van der Waals surface area contributed by atoms with Crippen molar-refractivity contribution in [3.05, 3.63) is 60.3 Å². The number of pyridine rings is 1. The number of rotatable bonds is 18. The fourth-order valence-electron chi connectivity index (χ4n) is 4.77. The van der Waals surface area contributed by atoms with Crippen molar-refractivity contribution in [2.24, 2.45) is 0 Å². The highest BCUT2D eigenvalue weighted by atomic mass is 32.2. The predicted molar refractivity (Wildman–Crippen MR) is 185 cm³/mol. The van der Waals surface area contributed by atoms with E-state index in [1.54, 1.807) is 40.8 Å². The van der Waals surface area contributed by atoms with E-state index in [4.69, 9.17) is 18.9 Å². The number of urea groups is 1. The van der Waals surface area contributed by atoms with E-state index in [2.05, 4.69) is 20.3 Å². The van der Waals surface area contributed by atoms with Crippen molar-refractivity contribution >= 4 is 38.6 Å². The Balaban J connectivity index is 1.93. The number of esters is 1. The van der Waals surface area contributed by atoms with Crippen LogP contribution < -0.4 is 20.1 Å². The smallest absolute Gasteiger partial charge is 0.319 e. The van der Waals surface area contributed by atoms with Gasteiger partial charge in [0.05, 0.1) is 24.6 Å². The Morgan fingerprint density at radius 3 is 2.40 bits per heavy atom. The number of fused-ring (bicyclic) bond motifs is 1. The molecule has 0 saturated carbocycles. The monoisotopic (exact) mass is 687 g/mol. The molecular weight excluding hydrogens is 638 g/mol. The Morgan fingerprint density at radius 1 is 1.00 bits per heavy atom. The number of sulfonamides is 1. The number of hydrogen-bond acceptors (Lipinski definition) is 10. The summed E-state index contributed by atoms with van der Waals surface area (Å²) in [5.41, 5.74) is 1.36. The van der Waals surface area contributed by atoms with Gasteiger partial charge in [-0.2, -0.15) is 0 Å². The summed E-state index contributed by atoms with van der Waals surface area (Å²) in [7, 11) is -0.552. The second-order valence-electron chi connectivity index (χ2n) is 12.2. The molecule has 1 heterocycles. The number of aromatic nitrogens is 1. The average Bonchev–Trinajstić information content (AvgIpc) is 2.99. The first-order chi connectivity index (χ1) is 22.7. The highest BCUT2D eigenvalue weighted by Gasteiger charge is 2.33. The van der Waals surface area contributed by atoms with E-state index in [-0.39, 0.29) is 36.9 Å². The van der Waals surface area contributed by atoms with Crippen LogP contribution in [0.3, 0.4) is 0 Å². The van der Waals surface area contributed by atoms with Crippen molar-refractivity contribution in [2.75, 3.05) is 52.3 Å². The molecule has 2 aromatic carbocycles. The summed E-state index contributed by atoms with van der Waals surface area (Å²) in [5.74, 6) is -0.618. The summed E-state index contributed by atoms with van der Waals surface area (Å²) in [6.45, 7) is 10.3. The lowest BCUT2D eigenvalue weighted by atomic mass is 10.1. The van der Waals surface area contributed by atoms with Crippen molar-refractivity contribution in [3.8, 4) is 5.75 Å². The highest BCUT2D eigenvalue weighted by molar-refractivity contribution is 7.89. The molecule has 3 rings (SSSR count). The van der Waals surface area contributed by atoms with Gasteiger partial charge in [-0.1, -0.05) is 18.2 Å². The zero-order valence-corrected chi connectivity index (χ0v) is 29.7. The summed E-state index contributed by atoms with van der Waals surface area (Å²) in [4.78, 5) is 31.6. The summed E-state index contributed by atoms with van der Waals surface area (Å²) >= 11 is 0. The Kier molecular flexibility index (Phi) is 14.6. The molecule has 2 amide bonds. The maximum absolute atomic E-state index is 14.0. The normalized spacial score (nSPS) is 12.7. The summed E-state index contributed by atoms with van der Waals surface area (Å²) in [6, 6.07) is 12.3. The first-order valence-electron chi connectivity index (χ1n) is 16.0. The van der Waals surface area contributed by atoms with Crippen LogP contribution in [0.2, 0.25) is 0 Å². The van der Waals surface area contributed by atoms with Gasteiger partial charge in [-0.15, -0.1) is 0 Å². The van der Waals surface area contributed by atoms with Crippen LogP contribution in [0.4, 0.5) is 10.5 Å². The molecule has 0 aliphatic rings. The minimum absolute atomic E-state index is 0.00680. The number of nitrogens with one attached hydrogen (secondary N) is 3. The van der Waals surface area contributed by atoms with Crippen LogP contribution in [0.25, 0.3) is 10.9 Å². The van der Waals surface area contributed by atoms with Gasteiger partial charge in [-0.25, -0.2) is 17.9 Å². The van der Waals surface area contributed by atoms with Crippen LogP contribution in [0.1, 0.15) is 46.6 Å². The topological polar surface area (TPSA) is 157 Å². The molecule has 264 valence electrons. The van der Waals surface area contributed by atoms with E-state index in [9.17, 15) is 18.0 Å².